The summed E-state index contributed by atoms with van der Waals surface area (Å²) in [5.41, 5.74) is 5.29. The Kier molecular flexibility index (Phi) is 6.74. The number of hydrogen-bond donors (Lipinski definition) is 2. The van der Waals surface area contributed by atoms with E-state index in [9.17, 15) is 9.59 Å². The number of nitrogens with zero attached hydrogens (tertiary/aromatic N) is 1. The van der Waals surface area contributed by atoms with Gasteiger partial charge in [-0.15, -0.1) is 0 Å². The highest BCUT2D eigenvalue weighted by Gasteiger charge is 2.09. The second-order valence-corrected chi connectivity index (χ2v) is 3.20. The van der Waals surface area contributed by atoms with Gasteiger partial charge in [-0.3, -0.25) is 9.59 Å². The molecule has 0 heterocycles. The van der Waals surface area contributed by atoms with Crippen molar-refractivity contribution in [1.29, 1.82) is 0 Å². The first-order valence-electron chi connectivity index (χ1n) is 4.73. The first-order valence-corrected chi connectivity index (χ1v) is 4.73. The van der Waals surface area contributed by atoms with E-state index in [1.165, 1.54) is 4.90 Å². The molecular weight excluding hydrogens is 184 g/mol. The van der Waals surface area contributed by atoms with Crippen molar-refractivity contribution in [3.63, 3.8) is 0 Å². The second kappa shape index (κ2) is 7.32. The Morgan fingerprint density at radius 1 is 1.29 bits per heavy atom. The fourth-order valence-corrected chi connectivity index (χ4v) is 0.999. The average molecular weight is 202 g/mol. The first kappa shape index (κ1) is 12.9. The molecule has 0 saturated carbocycles. The van der Waals surface area contributed by atoms with Gasteiger partial charge in [0.25, 0.3) is 0 Å². The third-order valence-corrected chi connectivity index (χ3v) is 1.93. The SMILES string of the molecule is CN(CCC(=O)O)C(=O)CCCCN. The molecule has 14 heavy (non-hydrogen) atoms. The molecule has 0 fully saturated rings. The van der Waals surface area contributed by atoms with Crippen molar-refractivity contribution >= 4 is 11.9 Å². The van der Waals surface area contributed by atoms with Crippen LogP contribution >= 0.6 is 0 Å². The number of carbonyl (C=O) groups excluding carboxylic acids is 1. The largest absolute Gasteiger partial charge is 0.481 e. The zero-order chi connectivity index (χ0) is 11.0. The number of hydrogen-bond acceptors (Lipinski definition) is 3. The Bertz CT molecular complexity index is 194. The fourth-order valence-electron chi connectivity index (χ4n) is 0.999. The maximum absolute atomic E-state index is 11.3. The van der Waals surface area contributed by atoms with Gasteiger partial charge in [0, 0.05) is 20.0 Å². The Hall–Kier alpha value is -1.10. The molecule has 0 aromatic rings. The summed E-state index contributed by atoms with van der Waals surface area (Å²) in [6.07, 6.45) is 2.05. The molecule has 0 rings (SSSR count). The van der Waals surface area contributed by atoms with Crippen molar-refractivity contribution in [2.75, 3.05) is 20.1 Å². The monoisotopic (exact) mass is 202 g/mol. The van der Waals surface area contributed by atoms with Crippen molar-refractivity contribution < 1.29 is 14.7 Å². The quantitative estimate of drug-likeness (QED) is 0.571. The number of amides is 1. The van der Waals surface area contributed by atoms with Crippen LogP contribution in [0.1, 0.15) is 25.7 Å². The summed E-state index contributed by atoms with van der Waals surface area (Å²) < 4.78 is 0. The summed E-state index contributed by atoms with van der Waals surface area (Å²) >= 11 is 0. The zero-order valence-corrected chi connectivity index (χ0v) is 8.53. The van der Waals surface area contributed by atoms with Gasteiger partial charge in [-0.25, -0.2) is 0 Å². The van der Waals surface area contributed by atoms with Crippen molar-refractivity contribution in [3.05, 3.63) is 0 Å². The molecule has 5 nitrogen and oxygen atoms in total. The topological polar surface area (TPSA) is 83.6 Å². The molecule has 0 bridgehead atoms. The van der Waals surface area contributed by atoms with Gasteiger partial charge in [0.05, 0.1) is 6.42 Å². The van der Waals surface area contributed by atoms with Crippen LogP contribution in [0.4, 0.5) is 0 Å². The van der Waals surface area contributed by atoms with Gasteiger partial charge < -0.3 is 15.7 Å². The summed E-state index contributed by atoms with van der Waals surface area (Å²) in [6, 6.07) is 0. The van der Waals surface area contributed by atoms with E-state index in [0.717, 1.165) is 12.8 Å². The van der Waals surface area contributed by atoms with Gasteiger partial charge in [-0.2, -0.15) is 0 Å². The minimum absolute atomic E-state index is 0.000864. The van der Waals surface area contributed by atoms with Crippen LogP contribution in [0.2, 0.25) is 0 Å². The Morgan fingerprint density at radius 3 is 2.43 bits per heavy atom. The van der Waals surface area contributed by atoms with Crippen molar-refractivity contribution in [2.24, 2.45) is 5.73 Å². The number of unbranched alkanes of at least 4 members (excludes halogenated alkanes) is 1. The molecule has 0 unspecified atom stereocenters. The minimum Gasteiger partial charge on any atom is -0.481 e. The van der Waals surface area contributed by atoms with Crippen LogP contribution in [0.25, 0.3) is 0 Å². The predicted molar refractivity (Wildman–Crippen MR) is 52.8 cm³/mol. The molecule has 0 aliphatic heterocycles. The highest BCUT2D eigenvalue weighted by molar-refractivity contribution is 5.76. The Labute approximate surface area is 83.9 Å². The maximum Gasteiger partial charge on any atom is 0.305 e. The molecule has 0 aromatic carbocycles. The molecule has 0 saturated heterocycles. The third-order valence-electron chi connectivity index (χ3n) is 1.93. The number of rotatable bonds is 7. The van der Waals surface area contributed by atoms with Crippen LogP contribution in [-0.4, -0.2) is 42.0 Å². The van der Waals surface area contributed by atoms with E-state index in [-0.39, 0.29) is 18.9 Å². The van der Waals surface area contributed by atoms with Gasteiger partial charge in [-0.05, 0) is 19.4 Å². The molecule has 82 valence electrons. The zero-order valence-electron chi connectivity index (χ0n) is 8.53. The van der Waals surface area contributed by atoms with Gasteiger partial charge in [0.2, 0.25) is 5.91 Å². The lowest BCUT2D eigenvalue weighted by Crippen LogP contribution is -2.28. The summed E-state index contributed by atoms with van der Waals surface area (Å²) in [4.78, 5) is 23.0. The molecule has 0 aliphatic carbocycles. The highest BCUT2D eigenvalue weighted by Crippen LogP contribution is 1.99. The molecule has 0 atom stereocenters. The van der Waals surface area contributed by atoms with Crippen LogP contribution in [0.15, 0.2) is 0 Å². The molecular formula is C9H18N2O3. The van der Waals surface area contributed by atoms with Crippen LogP contribution in [-0.2, 0) is 9.59 Å². The van der Waals surface area contributed by atoms with E-state index in [4.69, 9.17) is 10.8 Å². The van der Waals surface area contributed by atoms with Crippen LogP contribution in [0.5, 0.6) is 0 Å². The first-order chi connectivity index (χ1) is 6.57. The van der Waals surface area contributed by atoms with Crippen molar-refractivity contribution in [1.82, 2.24) is 4.90 Å². The van der Waals surface area contributed by atoms with Crippen LogP contribution in [0.3, 0.4) is 0 Å². The van der Waals surface area contributed by atoms with E-state index in [2.05, 4.69) is 0 Å². The summed E-state index contributed by atoms with van der Waals surface area (Å²) in [5.74, 6) is -0.897. The van der Waals surface area contributed by atoms with Crippen LogP contribution in [0, 0.1) is 0 Å². The molecule has 0 aromatic heterocycles. The lowest BCUT2D eigenvalue weighted by Gasteiger charge is -2.15. The standard InChI is InChI=1S/C9H18N2O3/c1-11(7-5-9(13)14)8(12)4-2-3-6-10/h2-7,10H2,1H3,(H,13,14). The van der Waals surface area contributed by atoms with Crippen molar-refractivity contribution in [3.8, 4) is 0 Å². The number of carboxylic acid groups (broad SMARTS) is 1. The number of carbonyl (C=O) groups is 2. The molecule has 1 amide bonds. The van der Waals surface area contributed by atoms with Crippen molar-refractivity contribution in [2.45, 2.75) is 25.7 Å². The lowest BCUT2D eigenvalue weighted by atomic mass is 10.2. The number of aliphatic carboxylic acids is 1. The van der Waals surface area contributed by atoms with Gasteiger partial charge in [0.15, 0.2) is 0 Å². The maximum atomic E-state index is 11.3. The summed E-state index contributed by atoms with van der Waals surface area (Å²) in [5, 5.41) is 8.40. The molecule has 5 heteroatoms. The normalized spacial score (nSPS) is 9.86. The van der Waals surface area contributed by atoms with Gasteiger partial charge >= 0.3 is 5.97 Å². The van der Waals surface area contributed by atoms with Gasteiger partial charge in [-0.1, -0.05) is 0 Å². The number of nitrogens with two attached hydrogens (primary N) is 1. The number of carboxylic acids is 1. The predicted octanol–water partition coefficient (Wildman–Crippen LogP) is 0.0485. The van der Waals surface area contributed by atoms with Crippen LogP contribution < -0.4 is 5.73 Å². The van der Waals surface area contributed by atoms with E-state index >= 15 is 0 Å². The average Bonchev–Trinajstić information content (AvgIpc) is 2.14. The van der Waals surface area contributed by atoms with Gasteiger partial charge in [0.1, 0.15) is 0 Å². The van der Waals surface area contributed by atoms with E-state index in [0.29, 0.717) is 13.0 Å². The van der Waals surface area contributed by atoms with E-state index in [1.807, 2.05) is 0 Å². The molecule has 3 N–H and O–H groups in total. The second-order valence-electron chi connectivity index (χ2n) is 3.20. The summed E-state index contributed by atoms with van der Waals surface area (Å²) in [7, 11) is 1.62. The van der Waals surface area contributed by atoms with E-state index < -0.39 is 5.97 Å². The lowest BCUT2D eigenvalue weighted by molar-refractivity contribution is -0.138. The smallest absolute Gasteiger partial charge is 0.305 e. The fraction of sp³-hybridized carbons (Fsp3) is 0.778. The molecule has 0 aliphatic rings. The molecule has 0 radical (unpaired) electrons. The third kappa shape index (κ3) is 6.42. The summed E-state index contributed by atoms with van der Waals surface area (Å²) in [6.45, 7) is 0.864. The molecule has 0 spiro atoms. The minimum atomic E-state index is -0.883. The Balaban J connectivity index is 3.59. The Morgan fingerprint density at radius 2 is 1.93 bits per heavy atom. The van der Waals surface area contributed by atoms with E-state index in [1.54, 1.807) is 7.05 Å². The highest BCUT2D eigenvalue weighted by atomic mass is 16.4.